The summed E-state index contributed by atoms with van der Waals surface area (Å²) in [6.07, 6.45) is 2.81. The smallest absolute Gasteiger partial charge is 0.240 e. The van der Waals surface area contributed by atoms with Gasteiger partial charge in [-0.25, -0.2) is 0 Å². The average Bonchev–Trinajstić information content (AvgIpc) is 2.37. The lowest BCUT2D eigenvalue weighted by atomic mass is 10.2. The van der Waals surface area contributed by atoms with Crippen LogP contribution in [0.3, 0.4) is 0 Å². The van der Waals surface area contributed by atoms with Gasteiger partial charge in [0.15, 0.2) is 0 Å². The van der Waals surface area contributed by atoms with Crippen LogP contribution in [0.4, 0.5) is 5.69 Å². The minimum absolute atomic E-state index is 0.134. The summed E-state index contributed by atoms with van der Waals surface area (Å²) in [7, 11) is 0. The first kappa shape index (κ1) is 9.25. The fourth-order valence-corrected chi connectivity index (χ4v) is 0.645. The van der Waals surface area contributed by atoms with Crippen molar-refractivity contribution < 1.29 is 9.32 Å². The Morgan fingerprint density at radius 1 is 1.75 bits per heavy atom. The Morgan fingerprint density at radius 2 is 2.42 bits per heavy atom. The zero-order valence-corrected chi connectivity index (χ0v) is 8.38. The molecule has 5 heteroatoms. The molecule has 12 heavy (non-hydrogen) atoms. The molecule has 1 N–H and O–H groups in total. The van der Waals surface area contributed by atoms with Crippen LogP contribution in [0.1, 0.15) is 13.8 Å². The van der Waals surface area contributed by atoms with Gasteiger partial charge in [-0.3, -0.25) is 4.79 Å². The number of nitrogens with one attached hydrogen (secondary N) is 1. The summed E-state index contributed by atoms with van der Waals surface area (Å²) in [5, 5.41) is 6.07. The molecule has 0 aliphatic rings. The normalized spacial score (nSPS) is 11.2. The number of aromatic nitrogens is 1. The number of rotatable bonds is 2. The highest BCUT2D eigenvalue weighted by Crippen LogP contribution is 2.18. The molecular formula is C7H9BrN2O2. The molecule has 0 saturated carbocycles. The van der Waals surface area contributed by atoms with Gasteiger partial charge in [0.25, 0.3) is 0 Å². The lowest BCUT2D eigenvalue weighted by Gasteiger charge is -2.13. The highest BCUT2D eigenvalue weighted by Gasteiger charge is 2.23. The molecular weight excluding hydrogens is 224 g/mol. The fourth-order valence-electron chi connectivity index (χ4n) is 0.546. The van der Waals surface area contributed by atoms with Gasteiger partial charge in [-0.2, -0.15) is 0 Å². The van der Waals surface area contributed by atoms with Crippen molar-refractivity contribution >= 4 is 27.5 Å². The van der Waals surface area contributed by atoms with E-state index in [0.29, 0.717) is 5.69 Å². The van der Waals surface area contributed by atoms with Crippen molar-refractivity contribution in [3.05, 3.63) is 12.5 Å². The second-order valence-corrected chi connectivity index (χ2v) is 4.82. The molecule has 0 radical (unpaired) electrons. The Bertz CT molecular complexity index is 263. The van der Waals surface area contributed by atoms with Gasteiger partial charge in [0.2, 0.25) is 5.91 Å². The second-order valence-electron chi connectivity index (χ2n) is 2.84. The van der Waals surface area contributed by atoms with E-state index in [4.69, 9.17) is 0 Å². The lowest BCUT2D eigenvalue weighted by Crippen LogP contribution is -2.30. The Kier molecular flexibility index (Phi) is 2.52. The molecule has 1 aromatic heterocycles. The van der Waals surface area contributed by atoms with Crippen LogP contribution in [-0.2, 0) is 4.79 Å². The first-order valence-corrected chi connectivity index (χ1v) is 4.19. The van der Waals surface area contributed by atoms with Crippen molar-refractivity contribution in [3.63, 3.8) is 0 Å². The van der Waals surface area contributed by atoms with Crippen LogP contribution >= 0.6 is 15.9 Å². The molecule has 0 saturated heterocycles. The van der Waals surface area contributed by atoms with Gasteiger partial charge in [-0.1, -0.05) is 21.1 Å². The van der Waals surface area contributed by atoms with Crippen molar-refractivity contribution in [1.82, 2.24) is 5.16 Å². The monoisotopic (exact) mass is 232 g/mol. The molecule has 1 amide bonds. The molecule has 1 aromatic rings. The first-order valence-electron chi connectivity index (χ1n) is 3.40. The predicted octanol–water partition coefficient (Wildman–Crippen LogP) is 1.79. The van der Waals surface area contributed by atoms with Crippen LogP contribution < -0.4 is 5.32 Å². The van der Waals surface area contributed by atoms with E-state index in [1.807, 2.05) is 0 Å². The SMILES string of the molecule is CC(C)(Br)C(=O)Nc1cnoc1. The zero-order valence-electron chi connectivity index (χ0n) is 6.80. The van der Waals surface area contributed by atoms with E-state index >= 15 is 0 Å². The van der Waals surface area contributed by atoms with Crippen molar-refractivity contribution in [2.24, 2.45) is 0 Å². The van der Waals surface area contributed by atoms with Gasteiger partial charge in [-0.15, -0.1) is 0 Å². The third-order valence-corrected chi connectivity index (χ3v) is 1.59. The van der Waals surface area contributed by atoms with Crippen molar-refractivity contribution in [1.29, 1.82) is 0 Å². The fraction of sp³-hybridized carbons (Fsp3) is 0.429. The maximum Gasteiger partial charge on any atom is 0.240 e. The second kappa shape index (κ2) is 3.26. The van der Waals surface area contributed by atoms with Crippen LogP contribution in [0.25, 0.3) is 0 Å². The molecule has 1 rings (SSSR count). The minimum atomic E-state index is -0.579. The molecule has 0 atom stereocenters. The molecule has 1 heterocycles. The number of carbonyl (C=O) groups is 1. The Balaban J connectivity index is 2.60. The van der Waals surface area contributed by atoms with Crippen molar-refractivity contribution in [2.45, 2.75) is 18.2 Å². The Morgan fingerprint density at radius 3 is 2.83 bits per heavy atom. The Labute approximate surface area is 78.4 Å². The summed E-state index contributed by atoms with van der Waals surface area (Å²) in [4.78, 5) is 11.3. The summed E-state index contributed by atoms with van der Waals surface area (Å²) in [6.45, 7) is 3.52. The van der Waals surface area contributed by atoms with E-state index in [2.05, 4.69) is 30.9 Å². The van der Waals surface area contributed by atoms with Gasteiger partial charge < -0.3 is 9.84 Å². The van der Waals surface area contributed by atoms with Gasteiger partial charge >= 0.3 is 0 Å². The molecule has 0 spiro atoms. The number of hydrogen-bond acceptors (Lipinski definition) is 3. The van der Waals surface area contributed by atoms with E-state index < -0.39 is 4.32 Å². The number of hydrogen-bond donors (Lipinski definition) is 1. The molecule has 0 aliphatic carbocycles. The molecule has 0 fully saturated rings. The largest absolute Gasteiger partial charge is 0.363 e. The number of alkyl halides is 1. The highest BCUT2D eigenvalue weighted by molar-refractivity contribution is 9.10. The van der Waals surface area contributed by atoms with Crippen molar-refractivity contribution in [3.8, 4) is 0 Å². The van der Waals surface area contributed by atoms with Crippen molar-refractivity contribution in [2.75, 3.05) is 5.32 Å². The molecule has 0 aliphatic heterocycles. The predicted molar refractivity (Wildman–Crippen MR) is 48.1 cm³/mol. The van der Waals surface area contributed by atoms with E-state index in [0.717, 1.165) is 0 Å². The molecule has 0 unspecified atom stereocenters. The quantitative estimate of drug-likeness (QED) is 0.792. The van der Waals surface area contributed by atoms with Gasteiger partial charge in [0.05, 0.1) is 10.5 Å². The number of carbonyl (C=O) groups excluding carboxylic acids is 1. The zero-order chi connectivity index (χ0) is 9.19. The van der Waals surface area contributed by atoms with Crippen LogP contribution in [0, 0.1) is 0 Å². The standard InChI is InChI=1S/C7H9BrN2O2/c1-7(2,8)6(11)10-5-3-9-12-4-5/h3-4H,1-2H3,(H,10,11). The summed E-state index contributed by atoms with van der Waals surface area (Å²) < 4.78 is 3.97. The molecule has 0 bridgehead atoms. The number of amides is 1. The van der Waals surface area contributed by atoms with E-state index in [1.54, 1.807) is 13.8 Å². The third kappa shape index (κ3) is 2.34. The summed E-state index contributed by atoms with van der Waals surface area (Å²) in [6, 6.07) is 0. The third-order valence-electron chi connectivity index (χ3n) is 1.23. The topological polar surface area (TPSA) is 55.1 Å². The summed E-state index contributed by atoms with van der Waals surface area (Å²) >= 11 is 3.23. The minimum Gasteiger partial charge on any atom is -0.363 e. The highest BCUT2D eigenvalue weighted by atomic mass is 79.9. The summed E-state index contributed by atoms with van der Waals surface area (Å²) in [5.74, 6) is -0.134. The lowest BCUT2D eigenvalue weighted by molar-refractivity contribution is -0.117. The molecule has 4 nitrogen and oxygen atoms in total. The molecule has 0 aromatic carbocycles. The van der Waals surface area contributed by atoms with Gasteiger partial charge in [-0.05, 0) is 13.8 Å². The van der Waals surface area contributed by atoms with Crippen LogP contribution in [0.15, 0.2) is 17.0 Å². The maximum atomic E-state index is 11.3. The maximum absolute atomic E-state index is 11.3. The van der Waals surface area contributed by atoms with Crippen LogP contribution in [0.2, 0.25) is 0 Å². The van der Waals surface area contributed by atoms with Crippen LogP contribution in [-0.4, -0.2) is 15.4 Å². The van der Waals surface area contributed by atoms with E-state index in [9.17, 15) is 4.79 Å². The van der Waals surface area contributed by atoms with Crippen LogP contribution in [0.5, 0.6) is 0 Å². The van der Waals surface area contributed by atoms with Gasteiger partial charge in [0, 0.05) is 0 Å². The number of halogens is 1. The average molecular weight is 233 g/mol. The summed E-state index contributed by atoms with van der Waals surface area (Å²) in [5.41, 5.74) is 0.563. The van der Waals surface area contributed by atoms with E-state index in [1.165, 1.54) is 12.5 Å². The Hall–Kier alpha value is -0.840. The number of nitrogens with zero attached hydrogens (tertiary/aromatic N) is 1. The molecule has 66 valence electrons. The van der Waals surface area contributed by atoms with E-state index in [-0.39, 0.29) is 5.91 Å². The number of anilines is 1. The van der Waals surface area contributed by atoms with Gasteiger partial charge in [0.1, 0.15) is 12.0 Å². The first-order chi connectivity index (χ1) is 5.50.